The first-order valence-corrected chi connectivity index (χ1v) is 9.42. The van der Waals surface area contributed by atoms with Gasteiger partial charge in [0.05, 0.1) is 6.54 Å². The summed E-state index contributed by atoms with van der Waals surface area (Å²) in [5.41, 5.74) is 0. The summed E-state index contributed by atoms with van der Waals surface area (Å²) < 4.78 is 2.14. The molecule has 4 heteroatoms. The zero-order valence-electron chi connectivity index (χ0n) is 14.4. The summed E-state index contributed by atoms with van der Waals surface area (Å²) >= 11 is 0. The van der Waals surface area contributed by atoms with Crippen LogP contribution in [-0.2, 0) is 18.4 Å². The Morgan fingerprint density at radius 2 is 2.17 bits per heavy atom. The van der Waals surface area contributed by atoms with Gasteiger partial charge in [-0.1, -0.05) is 13.3 Å². The second-order valence-electron chi connectivity index (χ2n) is 7.90. The van der Waals surface area contributed by atoms with E-state index in [2.05, 4.69) is 28.4 Å². The fourth-order valence-corrected chi connectivity index (χ4v) is 5.83. The molecule has 5 atom stereocenters. The highest BCUT2D eigenvalue weighted by Gasteiger charge is 2.51. The summed E-state index contributed by atoms with van der Waals surface area (Å²) in [6.07, 6.45) is 10.9. The fourth-order valence-electron chi connectivity index (χ4n) is 5.83. The topological polar surface area (TPSA) is 38.1 Å². The summed E-state index contributed by atoms with van der Waals surface area (Å²) in [6.45, 7) is 4.31. The Morgan fingerprint density at radius 1 is 1.30 bits per heavy atom. The zero-order chi connectivity index (χ0) is 16.0. The number of hydrogen-bond acceptors (Lipinski definition) is 3. The number of piperidine rings is 1. The van der Waals surface area contributed by atoms with Gasteiger partial charge in [-0.3, -0.25) is 9.69 Å². The second kappa shape index (κ2) is 6.04. The standard InChI is InChI=1S/C19H29N3O/c1-3-14-15-5-4-6-16-19(15)13(11-17(14)23)7-9-22(16)12-18-20-8-10-21(18)2/h8,10,13-16,19H,3-7,9,11-12H2,1-2H3/t13-,14+,15+,16+,19+/m1/s1. The van der Waals surface area contributed by atoms with Crippen molar-refractivity contribution in [2.45, 2.75) is 58.0 Å². The molecule has 0 bridgehead atoms. The molecule has 1 saturated heterocycles. The van der Waals surface area contributed by atoms with Gasteiger partial charge in [-0.15, -0.1) is 0 Å². The number of carbonyl (C=O) groups is 1. The van der Waals surface area contributed by atoms with Crippen LogP contribution in [0.4, 0.5) is 0 Å². The number of imidazole rings is 1. The molecule has 1 aromatic rings. The van der Waals surface area contributed by atoms with Crippen LogP contribution in [0.15, 0.2) is 12.4 Å². The molecule has 2 saturated carbocycles. The highest BCUT2D eigenvalue weighted by molar-refractivity contribution is 5.82. The Labute approximate surface area is 139 Å². The van der Waals surface area contributed by atoms with Crippen LogP contribution in [-0.4, -0.2) is 32.8 Å². The molecule has 4 nitrogen and oxygen atoms in total. The minimum atomic E-state index is 0.340. The Kier molecular flexibility index (Phi) is 4.04. The lowest BCUT2D eigenvalue weighted by Crippen LogP contribution is -2.57. The number of likely N-dealkylation sites (tertiary alicyclic amines) is 1. The lowest BCUT2D eigenvalue weighted by Gasteiger charge is -2.55. The van der Waals surface area contributed by atoms with Gasteiger partial charge >= 0.3 is 0 Å². The summed E-state index contributed by atoms with van der Waals surface area (Å²) in [5, 5.41) is 0. The Morgan fingerprint density at radius 3 is 2.91 bits per heavy atom. The van der Waals surface area contributed by atoms with Crippen LogP contribution in [0.1, 0.15) is 51.3 Å². The van der Waals surface area contributed by atoms with Crippen LogP contribution in [0, 0.1) is 23.7 Å². The minimum absolute atomic E-state index is 0.340. The van der Waals surface area contributed by atoms with Crippen LogP contribution in [0.5, 0.6) is 0 Å². The molecule has 0 spiro atoms. The van der Waals surface area contributed by atoms with Crippen molar-refractivity contribution in [1.29, 1.82) is 0 Å². The molecule has 1 aliphatic heterocycles. The van der Waals surface area contributed by atoms with Crippen molar-refractivity contribution < 1.29 is 4.79 Å². The third kappa shape index (κ3) is 2.55. The molecular weight excluding hydrogens is 286 g/mol. The van der Waals surface area contributed by atoms with Gasteiger partial charge in [-0.2, -0.15) is 0 Å². The number of ketones is 1. The first-order valence-electron chi connectivity index (χ1n) is 9.42. The van der Waals surface area contributed by atoms with Gasteiger partial charge in [-0.05, 0) is 50.0 Å². The number of rotatable bonds is 3. The van der Waals surface area contributed by atoms with Gasteiger partial charge in [-0.25, -0.2) is 4.98 Å². The molecule has 126 valence electrons. The van der Waals surface area contributed by atoms with Gasteiger partial charge in [0.25, 0.3) is 0 Å². The van der Waals surface area contributed by atoms with Crippen molar-refractivity contribution in [3.63, 3.8) is 0 Å². The predicted octanol–water partition coefficient (Wildman–Crippen LogP) is 3.03. The fraction of sp³-hybridized carbons (Fsp3) is 0.789. The molecule has 3 fully saturated rings. The zero-order valence-corrected chi connectivity index (χ0v) is 14.4. The highest BCUT2D eigenvalue weighted by atomic mass is 16.1. The van der Waals surface area contributed by atoms with Gasteiger partial charge in [0.2, 0.25) is 0 Å². The van der Waals surface area contributed by atoms with Gasteiger partial charge in [0.15, 0.2) is 0 Å². The second-order valence-corrected chi connectivity index (χ2v) is 7.90. The lowest BCUT2D eigenvalue weighted by molar-refractivity contribution is -0.139. The smallest absolute Gasteiger partial charge is 0.136 e. The minimum Gasteiger partial charge on any atom is -0.337 e. The molecule has 2 aliphatic carbocycles. The molecule has 4 rings (SSSR count). The molecule has 1 aromatic heterocycles. The van der Waals surface area contributed by atoms with E-state index >= 15 is 0 Å². The number of Topliss-reactive ketones (excluding diaryl/α,β-unsaturated/α-hetero) is 1. The van der Waals surface area contributed by atoms with Gasteiger partial charge in [0, 0.05) is 37.8 Å². The van der Waals surface area contributed by atoms with Crippen molar-refractivity contribution in [2.24, 2.45) is 30.7 Å². The maximum absolute atomic E-state index is 12.5. The Bertz CT molecular complexity index is 581. The largest absolute Gasteiger partial charge is 0.337 e. The first-order chi connectivity index (χ1) is 11.2. The third-order valence-corrected chi connectivity index (χ3v) is 6.88. The predicted molar refractivity (Wildman–Crippen MR) is 89.7 cm³/mol. The number of aryl methyl sites for hydroxylation is 1. The van der Waals surface area contributed by atoms with Crippen molar-refractivity contribution >= 4 is 5.78 Å². The Balaban J connectivity index is 1.58. The summed E-state index contributed by atoms with van der Waals surface area (Å²) in [6, 6.07) is 0.673. The van der Waals surface area contributed by atoms with Crippen LogP contribution in [0.2, 0.25) is 0 Å². The molecule has 3 aliphatic rings. The first kappa shape index (κ1) is 15.4. The molecular formula is C19H29N3O. The summed E-state index contributed by atoms with van der Waals surface area (Å²) in [7, 11) is 2.09. The molecule has 0 amide bonds. The van der Waals surface area contributed by atoms with Crippen molar-refractivity contribution in [2.75, 3.05) is 6.54 Å². The van der Waals surface area contributed by atoms with E-state index in [0.29, 0.717) is 29.6 Å². The van der Waals surface area contributed by atoms with E-state index in [1.54, 1.807) is 0 Å². The number of hydrogen-bond donors (Lipinski definition) is 0. The van der Waals surface area contributed by atoms with Gasteiger partial charge < -0.3 is 4.57 Å². The lowest BCUT2D eigenvalue weighted by atomic mass is 9.56. The molecule has 23 heavy (non-hydrogen) atoms. The van der Waals surface area contributed by atoms with Crippen LogP contribution >= 0.6 is 0 Å². The monoisotopic (exact) mass is 315 g/mol. The highest BCUT2D eigenvalue weighted by Crippen LogP contribution is 2.51. The van der Waals surface area contributed by atoms with E-state index in [1.165, 1.54) is 31.5 Å². The van der Waals surface area contributed by atoms with Crippen molar-refractivity contribution in [3.05, 3.63) is 18.2 Å². The SMILES string of the molecule is CC[C@@H]1C(=O)C[C@H]2CCN(Cc3nccn3C)[C@H]3CCC[C@@H]1[C@H]23. The Hall–Kier alpha value is -1.16. The normalized spacial score (nSPS) is 37.7. The van der Waals surface area contributed by atoms with Gasteiger partial charge in [0.1, 0.15) is 11.6 Å². The van der Waals surface area contributed by atoms with Crippen molar-refractivity contribution in [3.8, 4) is 0 Å². The molecule has 0 aromatic carbocycles. The van der Waals surface area contributed by atoms with Crippen LogP contribution in [0.25, 0.3) is 0 Å². The number of aromatic nitrogens is 2. The van der Waals surface area contributed by atoms with E-state index in [-0.39, 0.29) is 0 Å². The van der Waals surface area contributed by atoms with E-state index in [4.69, 9.17) is 0 Å². The van der Waals surface area contributed by atoms with Crippen LogP contribution < -0.4 is 0 Å². The van der Waals surface area contributed by atoms with E-state index in [1.807, 2.05) is 12.4 Å². The molecule has 0 N–H and O–H groups in total. The summed E-state index contributed by atoms with van der Waals surface area (Å²) in [4.78, 5) is 19.7. The van der Waals surface area contributed by atoms with E-state index < -0.39 is 0 Å². The average molecular weight is 315 g/mol. The quantitative estimate of drug-likeness (QED) is 0.860. The van der Waals surface area contributed by atoms with E-state index in [0.717, 1.165) is 31.8 Å². The maximum atomic E-state index is 12.5. The summed E-state index contributed by atoms with van der Waals surface area (Å²) in [5.74, 6) is 4.13. The number of carbonyl (C=O) groups excluding carboxylic acids is 1. The van der Waals surface area contributed by atoms with E-state index in [9.17, 15) is 4.79 Å². The van der Waals surface area contributed by atoms with Crippen molar-refractivity contribution in [1.82, 2.24) is 14.5 Å². The maximum Gasteiger partial charge on any atom is 0.136 e. The molecule has 0 unspecified atom stereocenters. The number of nitrogens with zero attached hydrogens (tertiary/aromatic N) is 3. The molecule has 2 heterocycles. The third-order valence-electron chi connectivity index (χ3n) is 6.88. The molecule has 0 radical (unpaired) electrons. The average Bonchev–Trinajstić information content (AvgIpc) is 2.95. The van der Waals surface area contributed by atoms with Crippen LogP contribution in [0.3, 0.4) is 0 Å².